The van der Waals surface area contributed by atoms with E-state index >= 15 is 0 Å². The quantitative estimate of drug-likeness (QED) is 0.644. The van der Waals surface area contributed by atoms with E-state index in [0.29, 0.717) is 5.56 Å². The number of hydrogen-bond acceptors (Lipinski definition) is 2. The van der Waals surface area contributed by atoms with Crippen molar-refractivity contribution in [2.45, 2.75) is 20.3 Å². The Morgan fingerprint density at radius 2 is 2.23 bits per heavy atom. The molecule has 1 aromatic carbocycles. The first-order valence-electron chi connectivity index (χ1n) is 4.23. The van der Waals surface area contributed by atoms with Crippen LogP contribution in [-0.2, 0) is 6.42 Å². The predicted octanol–water partition coefficient (Wildman–Crippen LogP) is 2.32. The summed E-state index contributed by atoms with van der Waals surface area (Å²) in [5.74, 6) is 0.0568. The van der Waals surface area contributed by atoms with E-state index in [1.165, 1.54) is 0 Å². The molecule has 0 N–H and O–H groups in total. The highest BCUT2D eigenvalue weighted by Gasteiger charge is 2.05. The summed E-state index contributed by atoms with van der Waals surface area (Å²) in [6.07, 6.45) is 0.782. The van der Waals surface area contributed by atoms with Gasteiger partial charge in [-0.2, -0.15) is 5.26 Å². The standard InChI is InChI=1S/C11H11NO/c1-3-10-6-9(7-12)4-5-11(10)8(2)13/h4-6H,3H2,1-2H3. The number of benzene rings is 1. The van der Waals surface area contributed by atoms with Gasteiger partial charge in [-0.1, -0.05) is 6.92 Å². The largest absolute Gasteiger partial charge is 0.295 e. The summed E-state index contributed by atoms with van der Waals surface area (Å²) in [7, 11) is 0. The molecule has 2 heteroatoms. The second-order valence-corrected chi connectivity index (χ2v) is 2.89. The van der Waals surface area contributed by atoms with Crippen LogP contribution in [0.25, 0.3) is 0 Å². The molecule has 0 unspecified atom stereocenters. The van der Waals surface area contributed by atoms with E-state index in [2.05, 4.69) is 6.07 Å². The van der Waals surface area contributed by atoms with E-state index in [4.69, 9.17) is 5.26 Å². The van der Waals surface area contributed by atoms with Crippen LogP contribution in [-0.4, -0.2) is 5.78 Å². The zero-order valence-corrected chi connectivity index (χ0v) is 7.79. The van der Waals surface area contributed by atoms with Gasteiger partial charge in [-0.15, -0.1) is 0 Å². The lowest BCUT2D eigenvalue weighted by Gasteiger charge is -2.03. The average molecular weight is 173 g/mol. The van der Waals surface area contributed by atoms with Gasteiger partial charge in [-0.25, -0.2) is 0 Å². The second-order valence-electron chi connectivity index (χ2n) is 2.89. The number of nitrogens with zero attached hydrogens (tertiary/aromatic N) is 1. The zero-order valence-electron chi connectivity index (χ0n) is 7.79. The van der Waals surface area contributed by atoms with Crippen LogP contribution in [0.4, 0.5) is 0 Å². The van der Waals surface area contributed by atoms with Crippen LogP contribution in [0.1, 0.15) is 35.3 Å². The van der Waals surface area contributed by atoms with Crippen LogP contribution in [0.15, 0.2) is 18.2 Å². The molecule has 0 aliphatic heterocycles. The van der Waals surface area contributed by atoms with E-state index in [1.54, 1.807) is 25.1 Å². The number of aryl methyl sites for hydroxylation is 1. The minimum Gasteiger partial charge on any atom is -0.295 e. The lowest BCUT2D eigenvalue weighted by atomic mass is 10.00. The van der Waals surface area contributed by atoms with Gasteiger partial charge in [0.15, 0.2) is 5.78 Å². The number of Topliss-reactive ketones (excluding diaryl/α,β-unsaturated/α-hetero) is 1. The summed E-state index contributed by atoms with van der Waals surface area (Å²) in [6.45, 7) is 3.52. The van der Waals surface area contributed by atoms with Gasteiger partial charge in [0.05, 0.1) is 11.6 Å². The van der Waals surface area contributed by atoms with Gasteiger partial charge >= 0.3 is 0 Å². The number of nitriles is 1. The minimum absolute atomic E-state index is 0.0568. The van der Waals surface area contributed by atoms with Crippen molar-refractivity contribution in [1.82, 2.24) is 0 Å². The van der Waals surface area contributed by atoms with Crippen molar-refractivity contribution in [3.8, 4) is 6.07 Å². The molecule has 0 amide bonds. The molecule has 1 rings (SSSR count). The molecular formula is C11H11NO. The highest BCUT2D eigenvalue weighted by Crippen LogP contribution is 2.12. The molecule has 0 spiro atoms. The van der Waals surface area contributed by atoms with Crippen molar-refractivity contribution in [2.24, 2.45) is 0 Å². The summed E-state index contributed by atoms with van der Waals surface area (Å²) in [6, 6.07) is 7.23. The third-order valence-electron chi connectivity index (χ3n) is 1.99. The van der Waals surface area contributed by atoms with Crippen molar-refractivity contribution in [3.63, 3.8) is 0 Å². The zero-order chi connectivity index (χ0) is 9.84. The first kappa shape index (κ1) is 9.47. The van der Waals surface area contributed by atoms with E-state index in [0.717, 1.165) is 17.5 Å². The predicted molar refractivity (Wildman–Crippen MR) is 50.5 cm³/mol. The third-order valence-corrected chi connectivity index (χ3v) is 1.99. The molecule has 0 radical (unpaired) electrons. The van der Waals surface area contributed by atoms with Gasteiger partial charge in [-0.3, -0.25) is 4.79 Å². The first-order valence-corrected chi connectivity index (χ1v) is 4.23. The van der Waals surface area contributed by atoms with Crippen LogP contribution < -0.4 is 0 Å². The highest BCUT2D eigenvalue weighted by molar-refractivity contribution is 5.95. The van der Waals surface area contributed by atoms with Crippen molar-refractivity contribution in [1.29, 1.82) is 5.26 Å². The van der Waals surface area contributed by atoms with Crippen LogP contribution in [0.5, 0.6) is 0 Å². The van der Waals surface area contributed by atoms with Gasteiger partial charge in [-0.05, 0) is 37.1 Å². The maximum atomic E-state index is 11.1. The van der Waals surface area contributed by atoms with Gasteiger partial charge in [0.1, 0.15) is 0 Å². The Morgan fingerprint density at radius 3 is 2.69 bits per heavy atom. The molecular weight excluding hydrogens is 162 g/mol. The number of ketones is 1. The van der Waals surface area contributed by atoms with E-state index < -0.39 is 0 Å². The molecule has 0 aromatic heterocycles. The van der Waals surface area contributed by atoms with E-state index in [1.807, 2.05) is 6.92 Å². The van der Waals surface area contributed by atoms with Crippen molar-refractivity contribution in [3.05, 3.63) is 34.9 Å². The van der Waals surface area contributed by atoms with Gasteiger partial charge in [0.2, 0.25) is 0 Å². The molecule has 0 heterocycles. The molecule has 1 aromatic rings. The van der Waals surface area contributed by atoms with Gasteiger partial charge < -0.3 is 0 Å². The lowest BCUT2D eigenvalue weighted by molar-refractivity contribution is 0.101. The highest BCUT2D eigenvalue weighted by atomic mass is 16.1. The topological polar surface area (TPSA) is 40.9 Å². The Labute approximate surface area is 77.8 Å². The van der Waals surface area contributed by atoms with Gasteiger partial charge in [0.25, 0.3) is 0 Å². The maximum Gasteiger partial charge on any atom is 0.160 e. The van der Waals surface area contributed by atoms with E-state index in [9.17, 15) is 4.79 Å². The smallest absolute Gasteiger partial charge is 0.160 e. The summed E-state index contributed by atoms with van der Waals surface area (Å²) in [5.41, 5.74) is 2.29. The Balaban J connectivity index is 3.25. The van der Waals surface area contributed by atoms with E-state index in [-0.39, 0.29) is 5.78 Å². The fourth-order valence-corrected chi connectivity index (χ4v) is 1.30. The summed E-state index contributed by atoms with van der Waals surface area (Å²) in [4.78, 5) is 11.1. The molecule has 0 atom stereocenters. The fourth-order valence-electron chi connectivity index (χ4n) is 1.30. The van der Waals surface area contributed by atoms with Crippen LogP contribution in [0.3, 0.4) is 0 Å². The number of carbonyl (C=O) groups is 1. The maximum absolute atomic E-state index is 11.1. The lowest BCUT2D eigenvalue weighted by Crippen LogP contribution is -1.98. The second kappa shape index (κ2) is 3.86. The molecule has 2 nitrogen and oxygen atoms in total. The summed E-state index contributed by atoms with van der Waals surface area (Å²) in [5, 5.41) is 8.65. The molecule has 0 bridgehead atoms. The van der Waals surface area contributed by atoms with Crippen LogP contribution in [0.2, 0.25) is 0 Å². The molecule has 13 heavy (non-hydrogen) atoms. The number of rotatable bonds is 2. The number of hydrogen-bond donors (Lipinski definition) is 0. The first-order chi connectivity index (χ1) is 6.19. The van der Waals surface area contributed by atoms with Crippen molar-refractivity contribution >= 4 is 5.78 Å². The van der Waals surface area contributed by atoms with Crippen molar-refractivity contribution in [2.75, 3.05) is 0 Å². The average Bonchev–Trinajstić information content (AvgIpc) is 2.16. The molecule has 0 saturated heterocycles. The van der Waals surface area contributed by atoms with Crippen molar-refractivity contribution < 1.29 is 4.79 Å². The Kier molecular flexibility index (Phi) is 2.81. The minimum atomic E-state index is 0.0568. The monoisotopic (exact) mass is 173 g/mol. The molecule has 0 saturated carbocycles. The van der Waals surface area contributed by atoms with Crippen LogP contribution >= 0.6 is 0 Å². The SMILES string of the molecule is CCc1cc(C#N)ccc1C(C)=O. The fraction of sp³-hybridized carbons (Fsp3) is 0.273. The normalized spacial score (nSPS) is 9.31. The Hall–Kier alpha value is -1.62. The molecule has 66 valence electrons. The molecule has 0 aliphatic rings. The number of carbonyl (C=O) groups excluding carboxylic acids is 1. The molecule has 0 aliphatic carbocycles. The van der Waals surface area contributed by atoms with Gasteiger partial charge in [0, 0.05) is 5.56 Å². The summed E-state index contributed by atoms with van der Waals surface area (Å²) < 4.78 is 0. The molecule has 0 fully saturated rings. The Morgan fingerprint density at radius 1 is 1.54 bits per heavy atom. The van der Waals surface area contributed by atoms with Crippen LogP contribution in [0, 0.1) is 11.3 Å². The third kappa shape index (κ3) is 1.94. The Bertz CT molecular complexity index is 374. The summed E-state index contributed by atoms with van der Waals surface area (Å²) >= 11 is 0.